The lowest BCUT2D eigenvalue weighted by molar-refractivity contribution is -0.592. The van der Waals surface area contributed by atoms with Crippen LogP contribution in [0.4, 0.5) is 4.79 Å². The normalized spacial score (nSPS) is 9.12. The predicted octanol–water partition coefficient (Wildman–Crippen LogP) is -1.92. The highest BCUT2D eigenvalue weighted by atomic mass is 35.5. The van der Waals surface area contributed by atoms with E-state index in [2.05, 4.69) is 4.74 Å². The third-order valence-electron chi connectivity index (χ3n) is 2.04. The van der Waals surface area contributed by atoms with Crippen molar-refractivity contribution in [3.05, 3.63) is 29.6 Å². The Labute approximate surface area is 106 Å². The molecule has 0 aliphatic carbocycles. The van der Waals surface area contributed by atoms with E-state index in [9.17, 15) is 9.59 Å². The van der Waals surface area contributed by atoms with Crippen LogP contribution >= 0.6 is 0 Å². The van der Waals surface area contributed by atoms with Gasteiger partial charge >= 0.3 is 12.1 Å². The van der Waals surface area contributed by atoms with E-state index in [1.165, 1.54) is 17.9 Å². The number of esters is 1. The topological polar surface area (TPSA) is 56.5 Å². The number of carbonyl (C=O) groups excluding carboxylic acids is 2. The number of aromatic nitrogens is 1. The van der Waals surface area contributed by atoms with Gasteiger partial charge in [0, 0.05) is 13.0 Å². The quantitative estimate of drug-likeness (QED) is 0.459. The number of hydrogen-bond donors (Lipinski definition) is 0. The molecule has 6 heteroatoms. The summed E-state index contributed by atoms with van der Waals surface area (Å²) >= 11 is 0. The predicted molar refractivity (Wildman–Crippen MR) is 55.1 cm³/mol. The standard InChI is InChI=1S/C11H14NO4.ClH/c1-4-16-11(14)12-7-9(10(13)15-3)6-5-8(12)2;/h5-7H,4H2,1-3H3;1H/q+1;/p-1. The maximum Gasteiger partial charge on any atom is 0.602 e. The monoisotopic (exact) mass is 259 g/mol. The summed E-state index contributed by atoms with van der Waals surface area (Å²) in [6.45, 7) is 3.75. The molecular formula is C11H14ClNO4. The number of nitrogens with zero attached hydrogens (tertiary/aromatic N) is 1. The van der Waals surface area contributed by atoms with Gasteiger partial charge in [-0.2, -0.15) is 4.79 Å². The molecular weight excluding hydrogens is 246 g/mol. The van der Waals surface area contributed by atoms with Crippen molar-refractivity contribution in [2.24, 2.45) is 0 Å². The summed E-state index contributed by atoms with van der Waals surface area (Å²) in [5.41, 5.74) is 0.993. The Balaban J connectivity index is 0.00000256. The molecule has 0 spiro atoms. The molecule has 0 saturated carbocycles. The van der Waals surface area contributed by atoms with Crippen molar-refractivity contribution in [3.63, 3.8) is 0 Å². The van der Waals surface area contributed by atoms with Crippen LogP contribution in [0.2, 0.25) is 0 Å². The lowest BCUT2D eigenvalue weighted by atomic mass is 10.2. The minimum atomic E-state index is -0.509. The fourth-order valence-electron chi connectivity index (χ4n) is 1.20. The van der Waals surface area contributed by atoms with Gasteiger partial charge in [0.1, 0.15) is 5.56 Å². The van der Waals surface area contributed by atoms with E-state index in [0.29, 0.717) is 11.3 Å². The molecule has 0 N–H and O–H groups in total. The summed E-state index contributed by atoms with van der Waals surface area (Å²) in [5, 5.41) is 0. The van der Waals surface area contributed by atoms with Gasteiger partial charge in [0.2, 0.25) is 0 Å². The molecule has 1 rings (SSSR count). The molecule has 0 unspecified atom stereocenters. The first-order valence-corrected chi connectivity index (χ1v) is 4.88. The van der Waals surface area contributed by atoms with Gasteiger partial charge in [-0.3, -0.25) is 0 Å². The molecule has 1 heterocycles. The zero-order chi connectivity index (χ0) is 12.1. The van der Waals surface area contributed by atoms with Gasteiger partial charge in [-0.25, -0.2) is 4.79 Å². The summed E-state index contributed by atoms with van der Waals surface area (Å²) in [6.07, 6.45) is 0.893. The minimum Gasteiger partial charge on any atom is -1.00 e. The second-order valence-corrected chi connectivity index (χ2v) is 3.12. The maximum atomic E-state index is 11.5. The molecule has 0 aliphatic heterocycles. The molecule has 94 valence electrons. The first-order chi connectivity index (χ1) is 7.60. The summed E-state index contributed by atoms with van der Waals surface area (Å²) < 4.78 is 10.7. The smallest absolute Gasteiger partial charge is 0.602 e. The first-order valence-electron chi connectivity index (χ1n) is 4.88. The molecule has 0 aliphatic rings. The van der Waals surface area contributed by atoms with Gasteiger partial charge in [-0.05, 0) is 13.0 Å². The van der Waals surface area contributed by atoms with Crippen LogP contribution < -0.4 is 17.0 Å². The molecule has 0 aromatic carbocycles. The molecule has 0 saturated heterocycles. The van der Waals surface area contributed by atoms with Crippen molar-refractivity contribution in [2.75, 3.05) is 13.7 Å². The number of hydrogen-bond acceptors (Lipinski definition) is 4. The van der Waals surface area contributed by atoms with Crippen molar-refractivity contribution in [2.45, 2.75) is 13.8 Å². The summed E-state index contributed by atoms with van der Waals surface area (Å²) in [6, 6.07) is 3.25. The van der Waals surface area contributed by atoms with Crippen molar-refractivity contribution in [1.29, 1.82) is 0 Å². The van der Waals surface area contributed by atoms with Gasteiger partial charge in [-0.15, -0.1) is 0 Å². The fourth-order valence-corrected chi connectivity index (χ4v) is 1.20. The lowest BCUT2D eigenvalue weighted by Crippen LogP contribution is -3.00. The van der Waals surface area contributed by atoms with E-state index in [-0.39, 0.29) is 19.0 Å². The van der Waals surface area contributed by atoms with Crippen LogP contribution in [-0.2, 0) is 9.47 Å². The largest absolute Gasteiger partial charge is 1.00 e. The van der Waals surface area contributed by atoms with Gasteiger partial charge in [-0.1, -0.05) is 4.57 Å². The molecule has 1 aromatic heterocycles. The highest BCUT2D eigenvalue weighted by Gasteiger charge is 2.22. The molecule has 0 amide bonds. The Morgan fingerprint density at radius 1 is 1.35 bits per heavy atom. The zero-order valence-electron chi connectivity index (χ0n) is 9.90. The van der Waals surface area contributed by atoms with Crippen molar-refractivity contribution < 1.29 is 36.0 Å². The number of aryl methyl sites for hydroxylation is 1. The van der Waals surface area contributed by atoms with E-state index in [1.54, 1.807) is 26.0 Å². The molecule has 17 heavy (non-hydrogen) atoms. The van der Waals surface area contributed by atoms with Crippen LogP contribution in [0.25, 0.3) is 0 Å². The van der Waals surface area contributed by atoms with Crippen molar-refractivity contribution >= 4 is 12.1 Å². The van der Waals surface area contributed by atoms with Gasteiger partial charge in [0.25, 0.3) is 0 Å². The van der Waals surface area contributed by atoms with Gasteiger partial charge in [0.15, 0.2) is 11.9 Å². The minimum absolute atomic E-state index is 0. The van der Waals surface area contributed by atoms with Crippen molar-refractivity contribution in [1.82, 2.24) is 0 Å². The summed E-state index contributed by atoms with van der Waals surface area (Å²) in [4.78, 5) is 22.8. The Kier molecular flexibility index (Phi) is 6.20. The highest BCUT2D eigenvalue weighted by Crippen LogP contribution is 2.00. The number of halogens is 1. The average Bonchev–Trinajstić information content (AvgIpc) is 2.29. The molecule has 0 bridgehead atoms. The Bertz CT molecular complexity index is 420. The van der Waals surface area contributed by atoms with E-state index in [4.69, 9.17) is 4.74 Å². The lowest BCUT2D eigenvalue weighted by Gasteiger charge is -2.00. The summed E-state index contributed by atoms with van der Waals surface area (Å²) in [7, 11) is 1.29. The van der Waals surface area contributed by atoms with Gasteiger partial charge < -0.3 is 21.9 Å². The van der Waals surface area contributed by atoms with Crippen LogP contribution in [-0.4, -0.2) is 25.8 Å². The van der Waals surface area contributed by atoms with Gasteiger partial charge in [0.05, 0.1) is 13.7 Å². The van der Waals surface area contributed by atoms with E-state index in [0.717, 1.165) is 0 Å². The number of pyridine rings is 1. The van der Waals surface area contributed by atoms with Crippen LogP contribution in [0.15, 0.2) is 18.3 Å². The van der Waals surface area contributed by atoms with E-state index in [1.807, 2.05) is 0 Å². The Morgan fingerprint density at radius 2 is 2.00 bits per heavy atom. The maximum absolute atomic E-state index is 11.5. The van der Waals surface area contributed by atoms with Crippen LogP contribution in [0.5, 0.6) is 0 Å². The molecule has 0 fully saturated rings. The Hall–Kier alpha value is -1.62. The number of ether oxygens (including phenoxy) is 2. The summed E-state index contributed by atoms with van der Waals surface area (Å²) in [5.74, 6) is -0.488. The SMILES string of the molecule is CCOC(=O)[n+]1cc(C(=O)OC)ccc1C.[Cl-]. The van der Waals surface area contributed by atoms with E-state index < -0.39 is 12.1 Å². The van der Waals surface area contributed by atoms with Crippen LogP contribution in [0.1, 0.15) is 23.0 Å². The molecule has 5 nitrogen and oxygen atoms in total. The highest BCUT2D eigenvalue weighted by molar-refractivity contribution is 5.88. The second-order valence-electron chi connectivity index (χ2n) is 3.12. The number of carbonyl (C=O) groups is 2. The number of methoxy groups -OCH3 is 1. The van der Waals surface area contributed by atoms with Crippen LogP contribution in [0.3, 0.4) is 0 Å². The van der Waals surface area contributed by atoms with Crippen molar-refractivity contribution in [3.8, 4) is 0 Å². The van der Waals surface area contributed by atoms with E-state index >= 15 is 0 Å². The Morgan fingerprint density at radius 3 is 2.53 bits per heavy atom. The second kappa shape index (κ2) is 6.85. The molecule has 0 radical (unpaired) electrons. The molecule has 0 atom stereocenters. The number of rotatable bonds is 2. The fraction of sp³-hybridized carbons (Fsp3) is 0.364. The van der Waals surface area contributed by atoms with Crippen LogP contribution in [0, 0.1) is 6.92 Å². The molecule has 1 aromatic rings. The third kappa shape index (κ3) is 3.71. The average molecular weight is 260 g/mol. The zero-order valence-corrected chi connectivity index (χ0v) is 10.7. The first kappa shape index (κ1) is 15.4. The third-order valence-corrected chi connectivity index (χ3v) is 2.04.